The van der Waals surface area contributed by atoms with Crippen molar-refractivity contribution in [2.45, 2.75) is 18.8 Å². The summed E-state index contributed by atoms with van der Waals surface area (Å²) in [5.41, 5.74) is 6.05. The Morgan fingerprint density at radius 3 is 2.67 bits per heavy atom. The van der Waals surface area contributed by atoms with Gasteiger partial charge in [0.15, 0.2) is 0 Å². The molecule has 1 unspecified atom stereocenters. The van der Waals surface area contributed by atoms with Crippen LogP contribution in [0.25, 0.3) is 0 Å². The van der Waals surface area contributed by atoms with E-state index < -0.39 is 0 Å². The number of aromatic nitrogens is 1. The van der Waals surface area contributed by atoms with Crippen molar-refractivity contribution in [2.75, 3.05) is 7.11 Å². The van der Waals surface area contributed by atoms with Gasteiger partial charge in [-0.3, -0.25) is 4.98 Å². The SMILES string of the molecule is C=C/C=C(\C=C)C1c2ccc(Cl)cc2CCc2cccnc21.CO. The Kier molecular flexibility index (Phi) is 6.53. The predicted octanol–water partition coefficient (Wildman–Crippen LogP) is 4.87. The van der Waals surface area contributed by atoms with Crippen LogP contribution < -0.4 is 0 Å². The van der Waals surface area contributed by atoms with E-state index >= 15 is 0 Å². The highest BCUT2D eigenvalue weighted by Crippen LogP contribution is 2.39. The maximum absolute atomic E-state index is 7.00. The lowest BCUT2D eigenvalue weighted by Crippen LogP contribution is -2.08. The molecule has 0 aliphatic heterocycles. The number of rotatable bonds is 3. The van der Waals surface area contributed by atoms with Gasteiger partial charge in [-0.25, -0.2) is 0 Å². The third kappa shape index (κ3) is 3.66. The molecule has 24 heavy (non-hydrogen) atoms. The van der Waals surface area contributed by atoms with Crippen molar-refractivity contribution in [3.05, 3.63) is 101 Å². The Balaban J connectivity index is 0.00000100. The van der Waals surface area contributed by atoms with Crippen LogP contribution in [0.1, 0.15) is 28.3 Å². The number of benzene rings is 1. The summed E-state index contributed by atoms with van der Waals surface area (Å²) in [6.07, 6.45) is 9.53. The van der Waals surface area contributed by atoms with Gasteiger partial charge in [0.1, 0.15) is 0 Å². The molecule has 1 aromatic heterocycles. The summed E-state index contributed by atoms with van der Waals surface area (Å²) in [5.74, 6) is 0.0847. The lowest BCUT2D eigenvalue weighted by Gasteiger charge is -2.20. The molecule has 0 fully saturated rings. The average molecular weight is 340 g/mol. The van der Waals surface area contributed by atoms with Crippen molar-refractivity contribution in [1.82, 2.24) is 4.98 Å². The van der Waals surface area contributed by atoms with Crippen LogP contribution in [-0.2, 0) is 12.8 Å². The first-order chi connectivity index (χ1) is 11.7. The second kappa shape index (κ2) is 8.62. The van der Waals surface area contributed by atoms with Crippen LogP contribution in [0, 0.1) is 0 Å². The van der Waals surface area contributed by atoms with Crippen molar-refractivity contribution in [3.8, 4) is 0 Å². The molecule has 1 N–H and O–H groups in total. The third-order valence-electron chi connectivity index (χ3n) is 4.16. The van der Waals surface area contributed by atoms with Crippen molar-refractivity contribution in [1.29, 1.82) is 0 Å². The van der Waals surface area contributed by atoms with Gasteiger partial charge in [0, 0.05) is 18.3 Å². The number of fused-ring (bicyclic) bond motifs is 2. The number of pyridine rings is 1. The van der Waals surface area contributed by atoms with Gasteiger partial charge in [0.05, 0.1) is 11.6 Å². The first-order valence-electron chi connectivity index (χ1n) is 7.86. The summed E-state index contributed by atoms with van der Waals surface area (Å²) in [5, 5.41) is 7.78. The monoisotopic (exact) mass is 339 g/mol. The molecule has 1 aromatic carbocycles. The van der Waals surface area contributed by atoms with Crippen molar-refractivity contribution in [2.24, 2.45) is 0 Å². The van der Waals surface area contributed by atoms with Gasteiger partial charge in [0.25, 0.3) is 0 Å². The number of aryl methyl sites for hydroxylation is 2. The molecular weight excluding hydrogens is 318 g/mol. The fourth-order valence-electron chi connectivity index (χ4n) is 3.17. The molecule has 3 rings (SSSR count). The Hall–Kier alpha value is -2.16. The molecule has 1 heterocycles. The van der Waals surface area contributed by atoms with Gasteiger partial charge >= 0.3 is 0 Å². The number of halogens is 1. The van der Waals surface area contributed by atoms with E-state index in [0.717, 1.165) is 36.2 Å². The van der Waals surface area contributed by atoms with E-state index in [1.165, 1.54) is 16.7 Å². The first kappa shape index (κ1) is 18.2. The molecule has 1 atom stereocenters. The number of nitrogens with zero attached hydrogens (tertiary/aromatic N) is 1. The maximum Gasteiger partial charge on any atom is 0.0554 e. The molecule has 124 valence electrons. The average Bonchev–Trinajstić information content (AvgIpc) is 2.78. The molecular formula is C21H22ClNO. The number of hydrogen-bond donors (Lipinski definition) is 1. The van der Waals surface area contributed by atoms with E-state index in [0.29, 0.717) is 0 Å². The fourth-order valence-corrected chi connectivity index (χ4v) is 3.36. The van der Waals surface area contributed by atoms with E-state index in [9.17, 15) is 0 Å². The molecule has 0 saturated heterocycles. The van der Waals surface area contributed by atoms with Crippen molar-refractivity contribution in [3.63, 3.8) is 0 Å². The Morgan fingerprint density at radius 1 is 1.21 bits per heavy atom. The molecule has 2 nitrogen and oxygen atoms in total. The van der Waals surface area contributed by atoms with Gasteiger partial charge in [-0.15, -0.1) is 0 Å². The van der Waals surface area contributed by atoms with Crippen molar-refractivity contribution >= 4 is 11.6 Å². The topological polar surface area (TPSA) is 33.1 Å². The maximum atomic E-state index is 7.00. The lowest BCUT2D eigenvalue weighted by atomic mass is 9.85. The zero-order valence-corrected chi connectivity index (χ0v) is 14.6. The summed E-state index contributed by atoms with van der Waals surface area (Å²) >= 11 is 6.20. The van der Waals surface area contributed by atoms with Crippen molar-refractivity contribution < 1.29 is 5.11 Å². The quantitative estimate of drug-likeness (QED) is 0.809. The normalized spacial score (nSPS) is 16.0. The van der Waals surface area contributed by atoms with Gasteiger partial charge < -0.3 is 5.11 Å². The molecule has 0 radical (unpaired) electrons. The first-order valence-corrected chi connectivity index (χ1v) is 8.24. The van der Waals surface area contributed by atoms with E-state index in [1.807, 2.05) is 30.5 Å². The summed E-state index contributed by atoms with van der Waals surface area (Å²) in [7, 11) is 1.00. The fraction of sp³-hybridized carbons (Fsp3) is 0.190. The highest BCUT2D eigenvalue weighted by molar-refractivity contribution is 6.30. The second-order valence-corrected chi connectivity index (χ2v) is 5.87. The Labute approximate surface area is 148 Å². The third-order valence-corrected chi connectivity index (χ3v) is 4.39. The second-order valence-electron chi connectivity index (χ2n) is 5.43. The smallest absolute Gasteiger partial charge is 0.0554 e. The van der Waals surface area contributed by atoms with Gasteiger partial charge in [-0.1, -0.05) is 55.1 Å². The van der Waals surface area contributed by atoms with E-state index in [1.54, 1.807) is 6.08 Å². The Bertz CT molecular complexity index is 764. The van der Waals surface area contributed by atoms with Gasteiger partial charge in [-0.2, -0.15) is 0 Å². The van der Waals surface area contributed by atoms with Crippen LogP contribution in [0.15, 0.2) is 73.5 Å². The summed E-state index contributed by atoms with van der Waals surface area (Å²) in [6.45, 7) is 7.81. The number of aliphatic hydroxyl groups excluding tert-OH is 1. The zero-order valence-electron chi connectivity index (χ0n) is 13.9. The lowest BCUT2D eigenvalue weighted by molar-refractivity contribution is 0.399. The minimum Gasteiger partial charge on any atom is -0.400 e. The van der Waals surface area contributed by atoms with Crippen LogP contribution in [-0.4, -0.2) is 17.2 Å². The molecule has 3 heteroatoms. The molecule has 0 bridgehead atoms. The zero-order chi connectivity index (χ0) is 17.5. The largest absolute Gasteiger partial charge is 0.400 e. The van der Waals surface area contributed by atoms with E-state index in [-0.39, 0.29) is 5.92 Å². The highest BCUT2D eigenvalue weighted by atomic mass is 35.5. The molecule has 2 aromatic rings. The van der Waals surface area contributed by atoms with Crippen LogP contribution in [0.2, 0.25) is 5.02 Å². The standard InChI is InChI=1S/C20H18ClN.CH4O/c1-3-6-14(4-2)19-18-11-10-17(21)13-16(18)9-8-15-7-5-12-22-20(15)19;1-2/h3-7,10-13,19H,1-2,8-9H2;2H,1H3/b14-6+;. The van der Waals surface area contributed by atoms with E-state index in [4.69, 9.17) is 16.7 Å². The highest BCUT2D eigenvalue weighted by Gasteiger charge is 2.26. The Morgan fingerprint density at radius 2 is 1.96 bits per heavy atom. The van der Waals surface area contributed by atoms with Crippen LogP contribution in [0.3, 0.4) is 0 Å². The predicted molar refractivity (Wildman–Crippen MR) is 102 cm³/mol. The molecule has 0 spiro atoms. The molecule has 1 aliphatic carbocycles. The van der Waals surface area contributed by atoms with Crippen LogP contribution in [0.5, 0.6) is 0 Å². The summed E-state index contributed by atoms with van der Waals surface area (Å²) in [6, 6.07) is 10.3. The van der Waals surface area contributed by atoms with Crippen LogP contribution >= 0.6 is 11.6 Å². The van der Waals surface area contributed by atoms with Crippen LogP contribution in [0.4, 0.5) is 0 Å². The summed E-state index contributed by atoms with van der Waals surface area (Å²) < 4.78 is 0. The molecule has 0 saturated carbocycles. The van der Waals surface area contributed by atoms with Gasteiger partial charge in [0.2, 0.25) is 0 Å². The number of allylic oxidation sites excluding steroid dienone is 4. The number of hydrogen-bond acceptors (Lipinski definition) is 2. The minimum absolute atomic E-state index is 0.0847. The van der Waals surface area contributed by atoms with Gasteiger partial charge in [-0.05, 0) is 53.3 Å². The minimum atomic E-state index is 0.0847. The van der Waals surface area contributed by atoms with E-state index in [2.05, 4.69) is 36.3 Å². The number of aliphatic hydroxyl groups is 1. The molecule has 0 amide bonds. The molecule has 1 aliphatic rings. The summed E-state index contributed by atoms with van der Waals surface area (Å²) in [4.78, 5) is 4.68.